The monoisotopic (exact) mass is 437 g/mol. The molecule has 0 spiro atoms. The van der Waals surface area contributed by atoms with Crippen LogP contribution in [0.4, 0.5) is 4.79 Å². The van der Waals surface area contributed by atoms with Crippen LogP contribution in [0.25, 0.3) is 0 Å². The molecule has 3 atom stereocenters. The van der Waals surface area contributed by atoms with Gasteiger partial charge in [-0.1, -0.05) is 30.2 Å². The highest BCUT2D eigenvalue weighted by atomic mass is 35.5. The van der Waals surface area contributed by atoms with E-state index in [-0.39, 0.29) is 24.0 Å². The van der Waals surface area contributed by atoms with Crippen molar-refractivity contribution in [1.29, 1.82) is 0 Å². The zero-order valence-electron chi connectivity index (χ0n) is 16.4. The van der Waals surface area contributed by atoms with Gasteiger partial charge in [-0.3, -0.25) is 4.79 Å². The molecule has 8 heteroatoms. The maximum atomic E-state index is 12.6. The van der Waals surface area contributed by atoms with Crippen LogP contribution in [-0.2, 0) is 10.4 Å². The lowest BCUT2D eigenvalue weighted by molar-refractivity contribution is -0.135. The minimum Gasteiger partial charge on any atom is -0.385 e. The van der Waals surface area contributed by atoms with E-state index >= 15 is 0 Å². The number of halogens is 1. The van der Waals surface area contributed by atoms with Gasteiger partial charge in [-0.25, -0.2) is 4.79 Å². The van der Waals surface area contributed by atoms with Crippen molar-refractivity contribution >= 4 is 35.3 Å². The van der Waals surface area contributed by atoms with Gasteiger partial charge in [0.15, 0.2) is 0 Å². The number of carbonyl (C=O) groups is 2. The highest BCUT2D eigenvalue weighted by molar-refractivity contribution is 8.00. The Balaban J connectivity index is 1.18. The maximum Gasteiger partial charge on any atom is 0.315 e. The van der Waals surface area contributed by atoms with E-state index in [1.54, 1.807) is 12.1 Å². The Morgan fingerprint density at radius 2 is 1.93 bits per heavy atom. The molecular formula is C21H28ClN3O3S. The van der Waals surface area contributed by atoms with Gasteiger partial charge in [0.05, 0.1) is 17.7 Å². The number of unbranched alkanes of at least 4 members (excludes halogenated alkanes) is 1. The number of hydrogen-bond acceptors (Lipinski definition) is 4. The number of nitrogens with zero attached hydrogens (tertiary/aromatic N) is 1. The fraction of sp³-hybridized carbons (Fsp3) is 0.619. The van der Waals surface area contributed by atoms with Crippen molar-refractivity contribution in [2.75, 3.05) is 18.8 Å². The first-order valence-corrected chi connectivity index (χ1v) is 11.8. The van der Waals surface area contributed by atoms with Crippen molar-refractivity contribution in [2.24, 2.45) is 0 Å². The number of aliphatic hydroxyl groups is 1. The minimum atomic E-state index is -0.878. The van der Waals surface area contributed by atoms with Crippen LogP contribution < -0.4 is 10.6 Å². The van der Waals surface area contributed by atoms with Crippen molar-refractivity contribution in [2.45, 2.75) is 61.5 Å². The lowest BCUT2D eigenvalue weighted by Gasteiger charge is -2.38. The van der Waals surface area contributed by atoms with Gasteiger partial charge < -0.3 is 20.6 Å². The van der Waals surface area contributed by atoms with Crippen LogP contribution in [0.1, 0.15) is 44.1 Å². The van der Waals surface area contributed by atoms with Gasteiger partial charge in [-0.05, 0) is 43.4 Å². The van der Waals surface area contributed by atoms with Crippen molar-refractivity contribution in [3.05, 3.63) is 34.9 Å². The number of likely N-dealkylation sites (tertiary alicyclic amines) is 1. The van der Waals surface area contributed by atoms with Crippen LogP contribution in [0.15, 0.2) is 24.3 Å². The molecule has 3 amide bonds. The van der Waals surface area contributed by atoms with E-state index in [9.17, 15) is 14.7 Å². The Morgan fingerprint density at radius 3 is 2.66 bits per heavy atom. The second-order valence-electron chi connectivity index (χ2n) is 8.29. The van der Waals surface area contributed by atoms with Crippen LogP contribution in [0.3, 0.4) is 0 Å². The first-order chi connectivity index (χ1) is 13.9. The van der Waals surface area contributed by atoms with Gasteiger partial charge in [0.1, 0.15) is 0 Å². The number of amides is 3. The molecule has 3 aliphatic rings. The quantitative estimate of drug-likeness (QED) is 0.472. The summed E-state index contributed by atoms with van der Waals surface area (Å²) in [6.45, 7) is 1.16. The highest BCUT2D eigenvalue weighted by Crippen LogP contribution is 2.35. The number of thioether (sulfide) groups is 1. The molecule has 1 aromatic carbocycles. The van der Waals surface area contributed by atoms with Crippen LogP contribution >= 0.6 is 23.4 Å². The highest BCUT2D eigenvalue weighted by Gasteiger charge is 2.42. The fourth-order valence-electron chi connectivity index (χ4n) is 4.60. The summed E-state index contributed by atoms with van der Waals surface area (Å²) < 4.78 is 0. The van der Waals surface area contributed by atoms with E-state index in [0.717, 1.165) is 30.6 Å². The SMILES string of the molecule is O=C1NC2CSC(CCCCC(=O)N3CCC(O)(c4ccc(Cl)cc4)CC3)C2N1. The van der Waals surface area contributed by atoms with Gasteiger partial charge in [-0.2, -0.15) is 11.8 Å². The van der Waals surface area contributed by atoms with E-state index in [4.69, 9.17) is 11.6 Å². The molecule has 3 N–H and O–H groups in total. The second-order valence-corrected chi connectivity index (χ2v) is 10.00. The second kappa shape index (κ2) is 8.74. The normalized spacial score (nSPS) is 28.0. The van der Waals surface area contributed by atoms with E-state index in [1.807, 2.05) is 28.8 Å². The third kappa shape index (κ3) is 4.67. The fourth-order valence-corrected chi connectivity index (χ4v) is 6.27. The van der Waals surface area contributed by atoms with E-state index in [1.165, 1.54) is 0 Å². The summed E-state index contributed by atoms with van der Waals surface area (Å²) in [5, 5.41) is 18.0. The van der Waals surface area contributed by atoms with Gasteiger partial charge in [0.25, 0.3) is 0 Å². The Hall–Kier alpha value is -1.44. The van der Waals surface area contributed by atoms with Crippen LogP contribution in [0, 0.1) is 0 Å². The van der Waals surface area contributed by atoms with Gasteiger partial charge in [0.2, 0.25) is 5.91 Å². The number of carbonyl (C=O) groups excluding carboxylic acids is 2. The summed E-state index contributed by atoms with van der Waals surface area (Å²) in [5.41, 5.74) is -0.00738. The molecule has 0 radical (unpaired) electrons. The standard InChI is InChI=1S/C21H28ClN3O3S/c22-15-7-5-14(6-8-15)21(28)9-11-25(12-10-21)18(26)4-2-1-3-17-19-16(13-29-17)23-20(27)24-19/h5-8,16-17,19,28H,1-4,9-13H2,(H2,23,24,27). The first-order valence-electron chi connectivity index (χ1n) is 10.4. The van der Waals surface area contributed by atoms with Crippen molar-refractivity contribution < 1.29 is 14.7 Å². The molecule has 29 heavy (non-hydrogen) atoms. The van der Waals surface area contributed by atoms with E-state index in [0.29, 0.717) is 42.6 Å². The number of rotatable bonds is 6. The summed E-state index contributed by atoms with van der Waals surface area (Å²) in [7, 11) is 0. The van der Waals surface area contributed by atoms with E-state index < -0.39 is 5.60 Å². The zero-order chi connectivity index (χ0) is 20.4. The Kier molecular flexibility index (Phi) is 6.27. The molecule has 3 aliphatic heterocycles. The summed E-state index contributed by atoms with van der Waals surface area (Å²) >= 11 is 7.85. The minimum absolute atomic E-state index is 0.0517. The molecule has 0 bridgehead atoms. The Bertz CT molecular complexity index is 752. The largest absolute Gasteiger partial charge is 0.385 e. The van der Waals surface area contributed by atoms with Crippen LogP contribution in [0.5, 0.6) is 0 Å². The number of benzene rings is 1. The summed E-state index contributed by atoms with van der Waals surface area (Å²) in [6.07, 6.45) is 4.54. The average Bonchev–Trinajstić information content (AvgIpc) is 3.25. The molecule has 6 nitrogen and oxygen atoms in total. The van der Waals surface area contributed by atoms with Gasteiger partial charge >= 0.3 is 6.03 Å². The van der Waals surface area contributed by atoms with Crippen LogP contribution in [-0.4, -0.2) is 58.1 Å². The molecule has 1 aromatic rings. The number of nitrogens with one attached hydrogen (secondary N) is 2. The van der Waals surface area contributed by atoms with E-state index in [2.05, 4.69) is 10.6 Å². The lowest BCUT2D eigenvalue weighted by Crippen LogP contribution is -2.45. The average molecular weight is 438 g/mol. The zero-order valence-corrected chi connectivity index (χ0v) is 18.0. The molecule has 3 saturated heterocycles. The smallest absolute Gasteiger partial charge is 0.315 e. The predicted octanol–water partition coefficient (Wildman–Crippen LogP) is 2.88. The molecule has 3 unspecified atom stereocenters. The third-order valence-electron chi connectivity index (χ3n) is 6.39. The van der Waals surface area contributed by atoms with Crippen molar-refractivity contribution in [3.63, 3.8) is 0 Å². The number of urea groups is 1. The molecule has 0 saturated carbocycles. The first kappa shape index (κ1) is 20.8. The molecule has 4 rings (SSSR count). The molecule has 0 aromatic heterocycles. The van der Waals surface area contributed by atoms with Crippen LogP contribution in [0.2, 0.25) is 5.02 Å². The van der Waals surface area contributed by atoms with Gasteiger partial charge in [-0.15, -0.1) is 0 Å². The number of piperidine rings is 1. The topological polar surface area (TPSA) is 81.7 Å². The predicted molar refractivity (Wildman–Crippen MR) is 115 cm³/mol. The summed E-state index contributed by atoms with van der Waals surface area (Å²) in [6, 6.07) is 7.77. The number of fused-ring (bicyclic) bond motifs is 1. The molecule has 3 heterocycles. The Morgan fingerprint density at radius 1 is 1.21 bits per heavy atom. The maximum absolute atomic E-state index is 12.6. The van der Waals surface area contributed by atoms with Gasteiger partial charge in [0, 0.05) is 35.5 Å². The summed E-state index contributed by atoms with van der Waals surface area (Å²) in [4.78, 5) is 25.9. The van der Waals surface area contributed by atoms with Crippen molar-refractivity contribution in [3.8, 4) is 0 Å². The molecule has 3 fully saturated rings. The lowest BCUT2D eigenvalue weighted by atomic mass is 9.84. The van der Waals surface area contributed by atoms with Crippen molar-refractivity contribution in [1.82, 2.24) is 15.5 Å². The Labute approximate surface area is 180 Å². The third-order valence-corrected chi connectivity index (χ3v) is 8.15. The molecule has 158 valence electrons. The summed E-state index contributed by atoms with van der Waals surface area (Å²) in [5.74, 6) is 1.15. The molecular weight excluding hydrogens is 410 g/mol. The molecule has 0 aliphatic carbocycles. The number of hydrogen-bond donors (Lipinski definition) is 3.